The van der Waals surface area contributed by atoms with Crippen LogP contribution in [0.2, 0.25) is 0 Å². The lowest BCUT2D eigenvalue weighted by Crippen LogP contribution is -2.13. The zero-order valence-corrected chi connectivity index (χ0v) is 14.6. The van der Waals surface area contributed by atoms with Gasteiger partial charge in [0.1, 0.15) is 0 Å². The van der Waals surface area contributed by atoms with Crippen molar-refractivity contribution in [1.29, 1.82) is 0 Å². The topological polar surface area (TPSA) is 15.6 Å². The molecule has 2 heteroatoms. The van der Waals surface area contributed by atoms with Crippen LogP contribution in [0.3, 0.4) is 0 Å². The van der Waals surface area contributed by atoms with Gasteiger partial charge in [0.15, 0.2) is 0 Å². The second kappa shape index (κ2) is 5.85. The second-order valence-corrected chi connectivity index (χ2v) is 6.56. The third-order valence-corrected chi connectivity index (χ3v) is 5.01. The molecule has 0 spiro atoms. The van der Waals surface area contributed by atoms with Crippen LogP contribution in [0.5, 0.6) is 0 Å². The molecule has 0 bridgehead atoms. The van der Waals surface area contributed by atoms with E-state index < -0.39 is 0 Å². The molecule has 0 aliphatic carbocycles. The Bertz CT molecular complexity index is 1140. The Balaban J connectivity index is 1.91. The largest absolute Gasteiger partial charge is 0.342 e. The van der Waals surface area contributed by atoms with Gasteiger partial charge in [0.2, 0.25) is 0 Å². The summed E-state index contributed by atoms with van der Waals surface area (Å²) in [7, 11) is 2.13. The number of fused-ring (bicyclic) bond motifs is 4. The number of anilines is 2. The number of benzene rings is 4. The Hall–Kier alpha value is -3.39. The highest BCUT2D eigenvalue weighted by atomic mass is 15.1. The van der Waals surface area contributed by atoms with Crippen molar-refractivity contribution in [2.75, 3.05) is 11.9 Å². The van der Waals surface area contributed by atoms with Crippen molar-refractivity contribution in [2.45, 2.75) is 0 Å². The van der Waals surface area contributed by atoms with E-state index >= 15 is 0 Å². The molecule has 0 fully saturated rings. The predicted molar refractivity (Wildman–Crippen MR) is 110 cm³/mol. The minimum Gasteiger partial charge on any atom is -0.342 e. The molecule has 26 heavy (non-hydrogen) atoms. The van der Waals surface area contributed by atoms with Gasteiger partial charge in [-0.1, -0.05) is 78.9 Å². The van der Waals surface area contributed by atoms with Crippen molar-refractivity contribution in [3.8, 4) is 0 Å². The number of nitrogens with zero attached hydrogens (tertiary/aromatic N) is 2. The van der Waals surface area contributed by atoms with Crippen LogP contribution < -0.4 is 4.90 Å². The van der Waals surface area contributed by atoms with Crippen LogP contribution in [0.1, 0.15) is 11.1 Å². The molecule has 0 atom stereocenters. The van der Waals surface area contributed by atoms with Gasteiger partial charge in [-0.15, -0.1) is 0 Å². The van der Waals surface area contributed by atoms with Gasteiger partial charge >= 0.3 is 0 Å². The molecule has 124 valence electrons. The van der Waals surface area contributed by atoms with Crippen LogP contribution in [0.4, 0.5) is 17.1 Å². The minimum absolute atomic E-state index is 0.995. The van der Waals surface area contributed by atoms with Gasteiger partial charge < -0.3 is 4.90 Å². The SMILES string of the molecule is CN1c2ccccc2N=C(c2ccccc2)c2ccc3ccccc3c21. The van der Waals surface area contributed by atoms with E-state index in [0.717, 1.165) is 28.2 Å². The number of aliphatic imine (C=N–C) groups is 1. The summed E-state index contributed by atoms with van der Waals surface area (Å²) in [4.78, 5) is 7.35. The maximum Gasteiger partial charge on any atom is 0.0874 e. The summed E-state index contributed by atoms with van der Waals surface area (Å²) in [5.74, 6) is 0. The highest BCUT2D eigenvalue weighted by Gasteiger charge is 2.23. The molecule has 0 aromatic heterocycles. The highest BCUT2D eigenvalue weighted by molar-refractivity contribution is 6.22. The zero-order valence-electron chi connectivity index (χ0n) is 14.6. The summed E-state index contributed by atoms with van der Waals surface area (Å²) >= 11 is 0. The van der Waals surface area contributed by atoms with E-state index in [1.165, 1.54) is 16.5 Å². The van der Waals surface area contributed by atoms with Crippen LogP contribution in [-0.2, 0) is 0 Å². The van der Waals surface area contributed by atoms with E-state index in [2.05, 4.69) is 90.8 Å². The Kier molecular flexibility index (Phi) is 3.36. The molecule has 4 aromatic carbocycles. The average Bonchev–Trinajstić information content (AvgIpc) is 2.84. The Morgan fingerprint density at radius 2 is 1.42 bits per heavy atom. The summed E-state index contributed by atoms with van der Waals surface area (Å²) in [6, 6.07) is 31.7. The van der Waals surface area contributed by atoms with Crippen molar-refractivity contribution in [1.82, 2.24) is 0 Å². The molecular formula is C24H18N2. The second-order valence-electron chi connectivity index (χ2n) is 6.56. The standard InChI is InChI=1S/C24H18N2/c1-26-22-14-8-7-13-21(22)25-23(18-10-3-2-4-11-18)20-16-15-17-9-5-6-12-19(17)24(20)26/h2-16H,1H3. The summed E-state index contributed by atoms with van der Waals surface area (Å²) in [5, 5.41) is 2.48. The van der Waals surface area contributed by atoms with Crippen molar-refractivity contribution in [2.24, 2.45) is 4.99 Å². The zero-order chi connectivity index (χ0) is 17.5. The molecule has 0 amide bonds. The van der Waals surface area contributed by atoms with Gasteiger partial charge in [0, 0.05) is 23.6 Å². The Labute approximate surface area is 153 Å². The molecule has 0 unspecified atom stereocenters. The van der Waals surface area contributed by atoms with Crippen molar-refractivity contribution in [3.05, 3.63) is 102 Å². The first kappa shape index (κ1) is 14.9. The molecule has 0 N–H and O–H groups in total. The molecule has 0 radical (unpaired) electrons. The van der Waals surface area contributed by atoms with Gasteiger partial charge in [0.05, 0.1) is 22.8 Å². The lowest BCUT2D eigenvalue weighted by atomic mass is 9.96. The maximum absolute atomic E-state index is 5.08. The number of hydrogen-bond acceptors (Lipinski definition) is 2. The first-order valence-electron chi connectivity index (χ1n) is 8.82. The molecule has 0 saturated heterocycles. The molecule has 2 nitrogen and oxygen atoms in total. The van der Waals surface area contributed by atoms with Crippen LogP contribution in [-0.4, -0.2) is 12.8 Å². The predicted octanol–water partition coefficient (Wildman–Crippen LogP) is 6.09. The van der Waals surface area contributed by atoms with Gasteiger partial charge in [-0.25, -0.2) is 4.99 Å². The molecule has 5 rings (SSSR count). The average molecular weight is 334 g/mol. The number of hydrogen-bond donors (Lipinski definition) is 0. The molecule has 1 heterocycles. The third kappa shape index (κ3) is 2.23. The van der Waals surface area contributed by atoms with Crippen molar-refractivity contribution >= 4 is 33.5 Å². The summed E-state index contributed by atoms with van der Waals surface area (Å²) in [6.07, 6.45) is 0. The van der Waals surface area contributed by atoms with Gasteiger partial charge in [-0.2, -0.15) is 0 Å². The first-order chi connectivity index (χ1) is 12.8. The van der Waals surface area contributed by atoms with Gasteiger partial charge in [-0.05, 0) is 17.5 Å². The van der Waals surface area contributed by atoms with E-state index in [-0.39, 0.29) is 0 Å². The van der Waals surface area contributed by atoms with Crippen LogP contribution >= 0.6 is 0 Å². The van der Waals surface area contributed by atoms with Crippen molar-refractivity contribution in [3.63, 3.8) is 0 Å². The highest BCUT2D eigenvalue weighted by Crippen LogP contribution is 2.42. The molecule has 1 aliphatic rings. The molecular weight excluding hydrogens is 316 g/mol. The van der Waals surface area contributed by atoms with E-state index in [4.69, 9.17) is 4.99 Å². The van der Waals surface area contributed by atoms with E-state index in [1.54, 1.807) is 0 Å². The fraction of sp³-hybridized carbons (Fsp3) is 0.0417. The summed E-state index contributed by atoms with van der Waals surface area (Å²) in [6.45, 7) is 0. The number of para-hydroxylation sites is 2. The van der Waals surface area contributed by atoms with Crippen LogP contribution in [0.15, 0.2) is 96.0 Å². The minimum atomic E-state index is 0.995. The lowest BCUT2D eigenvalue weighted by Gasteiger charge is -2.23. The number of rotatable bonds is 1. The first-order valence-corrected chi connectivity index (χ1v) is 8.82. The smallest absolute Gasteiger partial charge is 0.0874 e. The maximum atomic E-state index is 5.08. The Morgan fingerprint density at radius 1 is 0.692 bits per heavy atom. The quantitative estimate of drug-likeness (QED) is 0.411. The molecule has 4 aromatic rings. The third-order valence-electron chi connectivity index (χ3n) is 5.01. The fourth-order valence-electron chi connectivity index (χ4n) is 3.77. The molecule has 0 saturated carbocycles. The summed E-state index contributed by atoms with van der Waals surface area (Å²) < 4.78 is 0. The van der Waals surface area contributed by atoms with Gasteiger partial charge in [-0.3, -0.25) is 0 Å². The monoisotopic (exact) mass is 334 g/mol. The van der Waals surface area contributed by atoms with Crippen LogP contribution in [0.25, 0.3) is 10.8 Å². The van der Waals surface area contributed by atoms with Crippen molar-refractivity contribution < 1.29 is 0 Å². The van der Waals surface area contributed by atoms with Crippen LogP contribution in [0, 0.1) is 0 Å². The van der Waals surface area contributed by atoms with E-state index in [1.807, 2.05) is 12.1 Å². The molecule has 1 aliphatic heterocycles. The summed E-state index contributed by atoms with van der Waals surface area (Å²) in [5.41, 5.74) is 6.63. The van der Waals surface area contributed by atoms with Gasteiger partial charge in [0.25, 0.3) is 0 Å². The fourth-order valence-corrected chi connectivity index (χ4v) is 3.77. The van der Waals surface area contributed by atoms with E-state index in [0.29, 0.717) is 0 Å². The Morgan fingerprint density at radius 3 is 2.31 bits per heavy atom. The van der Waals surface area contributed by atoms with E-state index in [9.17, 15) is 0 Å². The normalized spacial score (nSPS) is 13.0. The lowest BCUT2D eigenvalue weighted by molar-refractivity contribution is 1.22.